The average Bonchev–Trinajstić information content (AvgIpc) is 2.34. The van der Waals surface area contributed by atoms with Gasteiger partial charge < -0.3 is 26.1 Å². The van der Waals surface area contributed by atoms with Crippen LogP contribution in [0.4, 0.5) is 0 Å². The summed E-state index contributed by atoms with van der Waals surface area (Å²) in [7, 11) is 0. The number of carbonyl (C=O) groups excluding carboxylic acids is 2. The van der Waals surface area contributed by atoms with Crippen LogP contribution in [-0.4, -0.2) is 44.8 Å². The summed E-state index contributed by atoms with van der Waals surface area (Å²) in [6, 6.07) is -0.681. The van der Waals surface area contributed by atoms with Gasteiger partial charge in [-0.3, -0.25) is 9.00 Å². The van der Waals surface area contributed by atoms with Crippen LogP contribution >= 0.6 is 0 Å². The van der Waals surface area contributed by atoms with Crippen LogP contribution in [0.3, 0.4) is 0 Å². The van der Waals surface area contributed by atoms with Gasteiger partial charge in [-0.25, -0.2) is 0 Å². The van der Waals surface area contributed by atoms with E-state index in [-0.39, 0.29) is 12.3 Å². The molecule has 0 rings (SSSR count). The summed E-state index contributed by atoms with van der Waals surface area (Å²) in [5.41, 5.74) is 9.76. The second kappa shape index (κ2) is 9.17. The van der Waals surface area contributed by atoms with Crippen molar-refractivity contribution in [3.63, 3.8) is 0 Å². The van der Waals surface area contributed by atoms with E-state index >= 15 is 0 Å². The van der Waals surface area contributed by atoms with Gasteiger partial charge in [-0.05, 0) is 31.7 Å². The number of aldehydes is 1. The van der Waals surface area contributed by atoms with E-state index in [1.165, 1.54) is 0 Å². The smallest absolute Gasteiger partial charge is 0.241 e. The van der Waals surface area contributed by atoms with Gasteiger partial charge in [0.1, 0.15) is 11.8 Å². The third kappa shape index (κ3) is 6.56. The van der Waals surface area contributed by atoms with Crippen molar-refractivity contribution < 1.29 is 18.4 Å². The highest BCUT2D eigenvalue weighted by Gasteiger charge is 2.35. The van der Waals surface area contributed by atoms with Gasteiger partial charge in [-0.1, -0.05) is 24.9 Å². The van der Waals surface area contributed by atoms with E-state index in [0.29, 0.717) is 25.7 Å². The van der Waals surface area contributed by atoms with E-state index in [1.54, 1.807) is 13.8 Å². The summed E-state index contributed by atoms with van der Waals surface area (Å²) >= 11 is -2.44. The Balaban J connectivity index is 4.86. The maximum atomic E-state index is 12.2. The minimum Gasteiger partial charge on any atom is -0.772 e. The molecule has 0 fully saturated rings. The Morgan fingerprint density at radius 2 is 2.05 bits per heavy atom. The number of nitrogens with one attached hydrogen (secondary N) is 1. The third-order valence-electron chi connectivity index (χ3n) is 3.07. The molecule has 0 aromatic carbocycles. The van der Waals surface area contributed by atoms with Gasteiger partial charge in [-0.15, -0.1) is 0 Å². The van der Waals surface area contributed by atoms with E-state index in [0.717, 1.165) is 0 Å². The lowest BCUT2D eigenvalue weighted by Gasteiger charge is -2.31. The number of carbonyl (C=O) groups is 2. The fourth-order valence-corrected chi connectivity index (χ4v) is 2.40. The monoisotopic (exact) mass is 306 g/mol. The Morgan fingerprint density at radius 1 is 1.45 bits per heavy atom. The number of nitrogens with two attached hydrogens (primary N) is 2. The zero-order chi connectivity index (χ0) is 15.8. The molecule has 8 heteroatoms. The molecule has 3 atom stereocenters. The standard InChI is InChI=1S/C12H25N3O4S/c1-9(2)10(7-16)15-11(17)12(14,8-20(18)19)5-3-4-6-13/h7,9-10H,3-6,8,13-14H2,1-2H3,(H,15,17)(H,18,19)/p-1/t10-,12+/m1/s1. The fraction of sp³-hybridized carbons (Fsp3) is 0.833. The summed E-state index contributed by atoms with van der Waals surface area (Å²) < 4.78 is 21.8. The summed E-state index contributed by atoms with van der Waals surface area (Å²) in [4.78, 5) is 23.1. The first-order chi connectivity index (χ1) is 9.26. The van der Waals surface area contributed by atoms with Gasteiger partial charge in [0.05, 0.1) is 6.04 Å². The van der Waals surface area contributed by atoms with Crippen LogP contribution in [0, 0.1) is 5.92 Å². The van der Waals surface area contributed by atoms with Crippen LogP contribution in [0.5, 0.6) is 0 Å². The Kier molecular flexibility index (Phi) is 8.79. The largest absolute Gasteiger partial charge is 0.772 e. The van der Waals surface area contributed by atoms with Crippen molar-refractivity contribution in [3.05, 3.63) is 0 Å². The molecule has 0 radical (unpaired) electrons. The minimum absolute atomic E-state index is 0.0949. The average molecular weight is 306 g/mol. The van der Waals surface area contributed by atoms with Crippen LogP contribution in [0.2, 0.25) is 0 Å². The lowest BCUT2D eigenvalue weighted by molar-refractivity contribution is -0.128. The topological polar surface area (TPSA) is 138 Å². The molecule has 0 aliphatic heterocycles. The van der Waals surface area contributed by atoms with Crippen LogP contribution in [0.25, 0.3) is 0 Å². The predicted molar refractivity (Wildman–Crippen MR) is 76.4 cm³/mol. The molecule has 20 heavy (non-hydrogen) atoms. The highest BCUT2D eigenvalue weighted by atomic mass is 32.2. The third-order valence-corrected chi connectivity index (χ3v) is 3.82. The van der Waals surface area contributed by atoms with Crippen molar-refractivity contribution in [1.82, 2.24) is 5.32 Å². The molecule has 5 N–H and O–H groups in total. The normalized spacial score (nSPS) is 17.3. The van der Waals surface area contributed by atoms with Crippen molar-refractivity contribution in [3.8, 4) is 0 Å². The molecule has 118 valence electrons. The molecule has 0 spiro atoms. The van der Waals surface area contributed by atoms with E-state index in [9.17, 15) is 18.4 Å². The molecular weight excluding hydrogens is 282 g/mol. The van der Waals surface area contributed by atoms with Gasteiger partial charge in [-0.2, -0.15) is 0 Å². The molecule has 1 unspecified atom stereocenters. The van der Waals surface area contributed by atoms with Crippen LogP contribution in [0.15, 0.2) is 0 Å². The number of hydrogen-bond acceptors (Lipinski definition) is 6. The quantitative estimate of drug-likeness (QED) is 0.270. The first-order valence-corrected chi connectivity index (χ1v) is 7.82. The van der Waals surface area contributed by atoms with Crippen molar-refractivity contribution in [1.29, 1.82) is 0 Å². The molecule has 0 saturated heterocycles. The van der Waals surface area contributed by atoms with Gasteiger partial charge in [0, 0.05) is 5.75 Å². The van der Waals surface area contributed by atoms with Crippen molar-refractivity contribution in [2.24, 2.45) is 17.4 Å². The van der Waals surface area contributed by atoms with E-state index in [1.807, 2.05) is 0 Å². The van der Waals surface area contributed by atoms with Crippen molar-refractivity contribution in [2.75, 3.05) is 12.3 Å². The fourth-order valence-electron chi connectivity index (χ4n) is 1.70. The molecule has 7 nitrogen and oxygen atoms in total. The van der Waals surface area contributed by atoms with E-state index < -0.39 is 34.3 Å². The summed E-state index contributed by atoms with van der Waals surface area (Å²) in [5, 5.41) is 2.50. The van der Waals surface area contributed by atoms with Gasteiger partial charge in [0.25, 0.3) is 0 Å². The maximum absolute atomic E-state index is 12.2. The number of unbranched alkanes of at least 4 members (excludes halogenated alkanes) is 1. The summed E-state index contributed by atoms with van der Waals surface area (Å²) in [6.07, 6.45) is 2.02. The predicted octanol–water partition coefficient (Wildman–Crippen LogP) is -0.968. The second-order valence-corrected chi connectivity index (χ2v) is 6.13. The van der Waals surface area contributed by atoms with Gasteiger partial charge in [0.2, 0.25) is 5.91 Å². The molecule has 0 heterocycles. The minimum atomic E-state index is -2.44. The molecule has 0 bridgehead atoms. The highest BCUT2D eigenvalue weighted by Crippen LogP contribution is 2.14. The molecule has 0 aromatic heterocycles. The Hall–Kier alpha value is -0.830. The maximum Gasteiger partial charge on any atom is 0.241 e. The van der Waals surface area contributed by atoms with Crippen molar-refractivity contribution >= 4 is 23.3 Å². The molecule has 0 saturated carbocycles. The lowest BCUT2D eigenvalue weighted by Crippen LogP contribution is -2.60. The zero-order valence-electron chi connectivity index (χ0n) is 12.0. The summed E-state index contributed by atoms with van der Waals surface area (Å²) in [5.74, 6) is -1.19. The number of hydrogen-bond donors (Lipinski definition) is 3. The lowest BCUT2D eigenvalue weighted by atomic mass is 9.93. The molecule has 0 aliphatic carbocycles. The summed E-state index contributed by atoms with van der Waals surface area (Å²) in [6.45, 7) is 4.00. The Morgan fingerprint density at radius 3 is 2.45 bits per heavy atom. The van der Waals surface area contributed by atoms with Crippen LogP contribution in [-0.2, 0) is 20.7 Å². The molecule has 0 aliphatic rings. The molecule has 1 amide bonds. The van der Waals surface area contributed by atoms with Gasteiger partial charge in [0.15, 0.2) is 0 Å². The zero-order valence-corrected chi connectivity index (χ0v) is 12.8. The van der Waals surface area contributed by atoms with Gasteiger partial charge >= 0.3 is 0 Å². The number of rotatable bonds is 10. The van der Waals surface area contributed by atoms with Crippen LogP contribution < -0.4 is 16.8 Å². The van der Waals surface area contributed by atoms with E-state index in [4.69, 9.17) is 11.5 Å². The van der Waals surface area contributed by atoms with Crippen LogP contribution in [0.1, 0.15) is 33.1 Å². The first kappa shape index (κ1) is 19.2. The Bertz CT molecular complexity index is 352. The highest BCUT2D eigenvalue weighted by molar-refractivity contribution is 7.79. The SMILES string of the molecule is CC(C)[C@@H](C=O)NC(=O)[C@](N)(CCCCN)CS(=O)[O-]. The first-order valence-electron chi connectivity index (χ1n) is 6.58. The van der Waals surface area contributed by atoms with E-state index in [2.05, 4.69) is 5.32 Å². The molecule has 0 aromatic rings. The number of amides is 1. The second-order valence-electron chi connectivity index (χ2n) is 5.23. The van der Waals surface area contributed by atoms with Crippen molar-refractivity contribution in [2.45, 2.75) is 44.7 Å². The molecular formula is C12H24N3O4S-. The Labute approximate surface area is 122 Å².